The summed E-state index contributed by atoms with van der Waals surface area (Å²) in [5.74, 6) is 0.642. The summed E-state index contributed by atoms with van der Waals surface area (Å²) < 4.78 is 11.6. The number of hydrogen-bond acceptors (Lipinski definition) is 6. The lowest BCUT2D eigenvalue weighted by Gasteiger charge is -2.36. The average molecular weight is 434 g/mol. The van der Waals surface area contributed by atoms with Crippen LogP contribution in [0.1, 0.15) is 16.8 Å². The number of carbonyl (C=O) groups excluding carboxylic acids is 1. The van der Waals surface area contributed by atoms with Gasteiger partial charge < -0.3 is 24.4 Å². The van der Waals surface area contributed by atoms with Gasteiger partial charge in [0.2, 0.25) is 0 Å². The van der Waals surface area contributed by atoms with Gasteiger partial charge in [0.1, 0.15) is 18.0 Å². The molecule has 1 amide bonds. The zero-order chi connectivity index (χ0) is 21.9. The lowest BCUT2D eigenvalue weighted by Crippen LogP contribution is -2.51. The molecule has 32 heavy (non-hydrogen) atoms. The van der Waals surface area contributed by atoms with E-state index >= 15 is 0 Å². The highest BCUT2D eigenvalue weighted by atomic mass is 16.5. The number of aliphatic hydroxyl groups is 1. The predicted octanol–water partition coefficient (Wildman–Crippen LogP) is 2.73. The summed E-state index contributed by atoms with van der Waals surface area (Å²) in [4.78, 5) is 21.3. The fourth-order valence-electron chi connectivity index (χ4n) is 4.39. The molecule has 2 aliphatic heterocycles. The molecule has 2 atom stereocenters. The Bertz CT molecular complexity index is 1080. The Morgan fingerprint density at radius 1 is 1.03 bits per heavy atom. The fourth-order valence-corrected chi connectivity index (χ4v) is 4.39. The number of anilines is 1. The van der Waals surface area contributed by atoms with E-state index in [0.29, 0.717) is 24.3 Å². The molecule has 0 aliphatic carbocycles. The molecule has 0 spiro atoms. The van der Waals surface area contributed by atoms with Crippen LogP contribution in [0.25, 0.3) is 10.9 Å². The number of nitrogens with zero attached hydrogens (tertiary/aromatic N) is 3. The van der Waals surface area contributed by atoms with Crippen LogP contribution in [-0.2, 0) is 4.74 Å². The highest BCUT2D eigenvalue weighted by molar-refractivity contribution is 5.94. The molecular weight excluding hydrogens is 406 g/mol. The van der Waals surface area contributed by atoms with E-state index in [4.69, 9.17) is 9.47 Å². The number of ether oxygens (including phenoxy) is 2. The van der Waals surface area contributed by atoms with Crippen LogP contribution in [0.4, 0.5) is 5.69 Å². The zero-order valence-electron chi connectivity index (χ0n) is 17.9. The maximum atomic E-state index is 13.0. The monoisotopic (exact) mass is 433 g/mol. The number of β-amino-alcohol motifs (C(OH)–C–C–N with tert-alkyl or cyclic N) is 1. The Kier molecular flexibility index (Phi) is 5.92. The van der Waals surface area contributed by atoms with Crippen molar-refractivity contribution < 1.29 is 19.4 Å². The van der Waals surface area contributed by atoms with Gasteiger partial charge in [0.05, 0.1) is 25.3 Å². The third-order valence-electron chi connectivity index (χ3n) is 6.18. The van der Waals surface area contributed by atoms with Crippen molar-refractivity contribution in [2.24, 2.45) is 0 Å². The molecule has 3 heterocycles. The summed E-state index contributed by atoms with van der Waals surface area (Å²) in [6.45, 7) is 3.96. The molecule has 2 saturated heterocycles. The van der Waals surface area contributed by atoms with Gasteiger partial charge >= 0.3 is 0 Å². The molecule has 0 bridgehead atoms. The number of amides is 1. The van der Waals surface area contributed by atoms with Gasteiger partial charge in [-0.15, -0.1) is 0 Å². The highest BCUT2D eigenvalue weighted by Gasteiger charge is 2.32. The lowest BCUT2D eigenvalue weighted by molar-refractivity contribution is -0.0193. The first kappa shape index (κ1) is 20.7. The van der Waals surface area contributed by atoms with Crippen LogP contribution in [0.3, 0.4) is 0 Å². The third-order valence-corrected chi connectivity index (χ3v) is 6.18. The van der Waals surface area contributed by atoms with Crippen LogP contribution in [0.2, 0.25) is 0 Å². The first-order chi connectivity index (χ1) is 15.7. The third kappa shape index (κ3) is 4.26. The maximum Gasteiger partial charge on any atom is 0.253 e. The van der Waals surface area contributed by atoms with E-state index < -0.39 is 6.10 Å². The van der Waals surface area contributed by atoms with Gasteiger partial charge in [0, 0.05) is 48.9 Å². The van der Waals surface area contributed by atoms with Crippen molar-refractivity contribution in [1.82, 2.24) is 9.88 Å². The minimum Gasteiger partial charge on any atom is -0.487 e. The summed E-state index contributed by atoms with van der Waals surface area (Å²) in [5.41, 5.74) is 2.59. The van der Waals surface area contributed by atoms with Crippen molar-refractivity contribution in [3.63, 3.8) is 0 Å². The van der Waals surface area contributed by atoms with Gasteiger partial charge in [-0.3, -0.25) is 9.78 Å². The summed E-state index contributed by atoms with van der Waals surface area (Å²) in [6.07, 6.45) is 1.19. The molecule has 5 rings (SSSR count). The number of likely N-dealkylation sites (tertiary alicyclic amines) is 1. The van der Waals surface area contributed by atoms with Gasteiger partial charge in [0.15, 0.2) is 0 Å². The normalized spacial score (nSPS) is 21.5. The summed E-state index contributed by atoms with van der Waals surface area (Å²) in [7, 11) is 0. The fraction of sp³-hybridized carbons (Fsp3) is 0.360. The Morgan fingerprint density at radius 2 is 1.84 bits per heavy atom. The van der Waals surface area contributed by atoms with Crippen molar-refractivity contribution in [2.45, 2.75) is 18.6 Å². The molecule has 1 aromatic heterocycles. The van der Waals surface area contributed by atoms with Gasteiger partial charge in [0.25, 0.3) is 5.91 Å². The SMILES string of the molecule is O=C(c1ccc(N2CCOCC2)cc1)N1CC[C@@H](Oc2cccc3ncccc23)[C@H](O)C1. The molecule has 3 aromatic rings. The molecule has 2 aromatic carbocycles. The number of benzene rings is 2. The highest BCUT2D eigenvalue weighted by Crippen LogP contribution is 2.27. The molecule has 0 unspecified atom stereocenters. The second-order valence-electron chi connectivity index (χ2n) is 8.24. The Morgan fingerprint density at radius 3 is 2.62 bits per heavy atom. The van der Waals surface area contributed by atoms with E-state index in [9.17, 15) is 9.90 Å². The van der Waals surface area contributed by atoms with Gasteiger partial charge in [-0.05, 0) is 48.5 Å². The topological polar surface area (TPSA) is 75.1 Å². The zero-order valence-corrected chi connectivity index (χ0v) is 17.9. The number of piperidine rings is 1. The molecule has 2 fully saturated rings. The molecular formula is C25H27N3O4. The maximum absolute atomic E-state index is 13.0. The number of carbonyl (C=O) groups is 1. The van der Waals surface area contributed by atoms with Gasteiger partial charge in [-0.2, -0.15) is 0 Å². The quantitative estimate of drug-likeness (QED) is 0.682. The van der Waals surface area contributed by atoms with E-state index in [0.717, 1.165) is 42.9 Å². The molecule has 7 heteroatoms. The van der Waals surface area contributed by atoms with E-state index in [1.54, 1.807) is 11.1 Å². The van der Waals surface area contributed by atoms with Crippen LogP contribution in [0.5, 0.6) is 5.75 Å². The first-order valence-corrected chi connectivity index (χ1v) is 11.1. The van der Waals surface area contributed by atoms with Gasteiger partial charge in [-0.25, -0.2) is 0 Å². The summed E-state index contributed by atoms with van der Waals surface area (Å²) >= 11 is 0. The van der Waals surface area contributed by atoms with E-state index in [-0.39, 0.29) is 18.6 Å². The van der Waals surface area contributed by atoms with Crippen molar-refractivity contribution in [3.05, 3.63) is 66.4 Å². The van der Waals surface area contributed by atoms with Crippen molar-refractivity contribution in [2.75, 3.05) is 44.3 Å². The van der Waals surface area contributed by atoms with Crippen molar-refractivity contribution >= 4 is 22.5 Å². The van der Waals surface area contributed by atoms with Crippen LogP contribution in [0.15, 0.2) is 60.8 Å². The molecule has 166 valence electrons. The van der Waals surface area contributed by atoms with Crippen molar-refractivity contribution in [1.29, 1.82) is 0 Å². The molecule has 1 N–H and O–H groups in total. The largest absolute Gasteiger partial charge is 0.487 e. The summed E-state index contributed by atoms with van der Waals surface area (Å²) in [5, 5.41) is 11.6. The van der Waals surface area contributed by atoms with Crippen LogP contribution >= 0.6 is 0 Å². The average Bonchev–Trinajstić information content (AvgIpc) is 2.85. The molecule has 0 saturated carbocycles. The van der Waals surface area contributed by atoms with E-state index in [2.05, 4.69) is 9.88 Å². The second-order valence-corrected chi connectivity index (χ2v) is 8.24. The number of hydrogen-bond donors (Lipinski definition) is 1. The Labute approximate surface area is 187 Å². The second kappa shape index (κ2) is 9.14. The first-order valence-electron chi connectivity index (χ1n) is 11.1. The number of aromatic nitrogens is 1. The van der Waals surface area contributed by atoms with Crippen LogP contribution < -0.4 is 9.64 Å². The Balaban J connectivity index is 1.22. The molecule has 0 radical (unpaired) electrons. The number of fused-ring (bicyclic) bond motifs is 1. The number of rotatable bonds is 4. The smallest absolute Gasteiger partial charge is 0.253 e. The van der Waals surface area contributed by atoms with Gasteiger partial charge in [-0.1, -0.05) is 6.07 Å². The number of pyridine rings is 1. The minimum atomic E-state index is -0.757. The molecule has 2 aliphatic rings. The minimum absolute atomic E-state index is 0.0645. The van der Waals surface area contributed by atoms with Crippen LogP contribution in [-0.4, -0.2) is 72.5 Å². The Hall–Kier alpha value is -3.16. The predicted molar refractivity (Wildman–Crippen MR) is 122 cm³/mol. The summed E-state index contributed by atoms with van der Waals surface area (Å²) in [6, 6.07) is 17.3. The number of aliphatic hydroxyl groups excluding tert-OH is 1. The number of morpholine rings is 1. The molecule has 7 nitrogen and oxygen atoms in total. The van der Waals surface area contributed by atoms with E-state index in [1.807, 2.05) is 54.6 Å². The van der Waals surface area contributed by atoms with Crippen LogP contribution in [0, 0.1) is 0 Å². The van der Waals surface area contributed by atoms with E-state index in [1.165, 1.54) is 0 Å². The van der Waals surface area contributed by atoms with Crippen molar-refractivity contribution in [3.8, 4) is 5.75 Å². The standard InChI is InChI=1S/C25H27N3O4/c29-22-17-28(25(30)18-6-8-19(9-7-18)27-13-15-31-16-14-27)12-10-24(22)32-23-5-1-4-21-20(23)3-2-11-26-21/h1-9,11,22,24,29H,10,12-17H2/t22-,24-/m1/s1. The lowest BCUT2D eigenvalue weighted by atomic mass is 10.0.